The van der Waals surface area contributed by atoms with Gasteiger partial charge in [-0.05, 0) is 38.5 Å². The van der Waals surface area contributed by atoms with Crippen LogP contribution in [0.25, 0.3) is 0 Å². The molecular formula is C10H19N. The molecule has 64 valence electrons. The van der Waals surface area contributed by atoms with Crippen molar-refractivity contribution in [3.05, 3.63) is 0 Å². The molecule has 0 aromatic carbocycles. The third kappa shape index (κ3) is 1.58. The van der Waals surface area contributed by atoms with Crippen LogP contribution in [0.3, 0.4) is 0 Å². The van der Waals surface area contributed by atoms with Gasteiger partial charge in [0.15, 0.2) is 0 Å². The van der Waals surface area contributed by atoms with Gasteiger partial charge in [0.05, 0.1) is 0 Å². The van der Waals surface area contributed by atoms with Crippen molar-refractivity contribution in [2.24, 2.45) is 5.92 Å². The van der Waals surface area contributed by atoms with E-state index in [0.29, 0.717) is 0 Å². The molecule has 3 atom stereocenters. The lowest BCUT2D eigenvalue weighted by Crippen LogP contribution is -2.47. The zero-order valence-electron chi connectivity index (χ0n) is 7.47. The predicted molar refractivity (Wildman–Crippen MR) is 47.6 cm³/mol. The topological polar surface area (TPSA) is 12.0 Å². The number of rotatable bonds is 0. The maximum Gasteiger partial charge on any atom is 0.00978 e. The van der Waals surface area contributed by atoms with E-state index in [1.54, 1.807) is 0 Å². The summed E-state index contributed by atoms with van der Waals surface area (Å²) in [6.45, 7) is 2.32. The van der Waals surface area contributed by atoms with Crippen LogP contribution in [0.5, 0.6) is 0 Å². The first kappa shape index (κ1) is 7.60. The Bertz CT molecular complexity index is 133. The summed E-state index contributed by atoms with van der Waals surface area (Å²) in [5.41, 5.74) is 0. The Morgan fingerprint density at radius 2 is 1.82 bits per heavy atom. The Morgan fingerprint density at radius 3 is 2.73 bits per heavy atom. The number of fused-ring (bicyclic) bond motifs is 1. The van der Waals surface area contributed by atoms with Crippen LogP contribution in [0.4, 0.5) is 0 Å². The van der Waals surface area contributed by atoms with E-state index in [-0.39, 0.29) is 0 Å². The summed E-state index contributed by atoms with van der Waals surface area (Å²) < 4.78 is 0. The van der Waals surface area contributed by atoms with Crippen LogP contribution in [-0.2, 0) is 0 Å². The quantitative estimate of drug-likeness (QED) is 0.563. The SMILES string of the molecule is C[C@@H]1CCC2CCCCC2N1. The lowest BCUT2D eigenvalue weighted by Gasteiger charge is -2.39. The van der Waals surface area contributed by atoms with E-state index in [0.717, 1.165) is 18.0 Å². The van der Waals surface area contributed by atoms with Crippen molar-refractivity contribution in [1.29, 1.82) is 0 Å². The van der Waals surface area contributed by atoms with E-state index in [2.05, 4.69) is 12.2 Å². The van der Waals surface area contributed by atoms with Gasteiger partial charge in [-0.1, -0.05) is 12.8 Å². The molecule has 1 nitrogen and oxygen atoms in total. The summed E-state index contributed by atoms with van der Waals surface area (Å²) in [4.78, 5) is 0. The lowest BCUT2D eigenvalue weighted by molar-refractivity contribution is 0.182. The number of nitrogens with one attached hydrogen (secondary N) is 1. The third-order valence-electron chi connectivity index (χ3n) is 3.38. The largest absolute Gasteiger partial charge is 0.311 e. The first-order valence-corrected chi connectivity index (χ1v) is 5.12. The van der Waals surface area contributed by atoms with E-state index in [9.17, 15) is 0 Å². The summed E-state index contributed by atoms with van der Waals surface area (Å²) in [5, 5.41) is 3.72. The molecule has 1 heteroatoms. The van der Waals surface area contributed by atoms with E-state index >= 15 is 0 Å². The third-order valence-corrected chi connectivity index (χ3v) is 3.38. The van der Waals surface area contributed by atoms with Crippen LogP contribution in [0.2, 0.25) is 0 Å². The van der Waals surface area contributed by atoms with E-state index < -0.39 is 0 Å². The van der Waals surface area contributed by atoms with Gasteiger partial charge in [0.1, 0.15) is 0 Å². The van der Waals surface area contributed by atoms with Crippen molar-refractivity contribution in [1.82, 2.24) is 5.32 Å². The second kappa shape index (κ2) is 3.14. The van der Waals surface area contributed by atoms with Crippen molar-refractivity contribution in [2.45, 2.75) is 57.5 Å². The summed E-state index contributed by atoms with van der Waals surface area (Å²) in [5.74, 6) is 1.03. The molecule has 1 saturated heterocycles. The number of piperidine rings is 1. The van der Waals surface area contributed by atoms with Gasteiger partial charge < -0.3 is 5.32 Å². The number of hydrogen-bond donors (Lipinski definition) is 1. The van der Waals surface area contributed by atoms with Gasteiger partial charge in [0.25, 0.3) is 0 Å². The second-order valence-electron chi connectivity index (χ2n) is 4.30. The van der Waals surface area contributed by atoms with Gasteiger partial charge in [-0.15, -0.1) is 0 Å². The van der Waals surface area contributed by atoms with Crippen LogP contribution in [0.15, 0.2) is 0 Å². The summed E-state index contributed by atoms with van der Waals surface area (Å²) >= 11 is 0. The van der Waals surface area contributed by atoms with Crippen LogP contribution in [-0.4, -0.2) is 12.1 Å². The second-order valence-corrected chi connectivity index (χ2v) is 4.30. The van der Waals surface area contributed by atoms with Crippen LogP contribution in [0.1, 0.15) is 45.4 Å². The standard InChI is InChI=1S/C10H19N/c1-8-6-7-9-4-2-3-5-10(9)11-8/h8-11H,2-7H2,1H3/t8-,9?,10?/m1/s1. The molecule has 0 radical (unpaired) electrons. The van der Waals surface area contributed by atoms with Gasteiger partial charge in [0.2, 0.25) is 0 Å². The molecule has 1 aliphatic heterocycles. The predicted octanol–water partition coefficient (Wildman–Crippen LogP) is 2.32. The maximum atomic E-state index is 3.72. The molecule has 1 N–H and O–H groups in total. The molecule has 11 heavy (non-hydrogen) atoms. The monoisotopic (exact) mass is 153 g/mol. The Hall–Kier alpha value is -0.0400. The van der Waals surface area contributed by atoms with Crippen molar-refractivity contribution in [2.75, 3.05) is 0 Å². The van der Waals surface area contributed by atoms with Gasteiger partial charge in [-0.3, -0.25) is 0 Å². The average Bonchev–Trinajstić information content (AvgIpc) is 2.04. The van der Waals surface area contributed by atoms with E-state index in [4.69, 9.17) is 0 Å². The average molecular weight is 153 g/mol. The Labute approximate surface area is 69.6 Å². The summed E-state index contributed by atoms with van der Waals surface area (Å²) in [7, 11) is 0. The fourth-order valence-corrected chi connectivity index (χ4v) is 2.69. The highest BCUT2D eigenvalue weighted by atomic mass is 15.0. The van der Waals surface area contributed by atoms with Crippen LogP contribution >= 0.6 is 0 Å². The fraction of sp³-hybridized carbons (Fsp3) is 1.00. The summed E-state index contributed by atoms with van der Waals surface area (Å²) in [6, 6.07) is 1.67. The first-order valence-electron chi connectivity index (χ1n) is 5.12. The van der Waals surface area contributed by atoms with Crippen molar-refractivity contribution >= 4 is 0 Å². The fourth-order valence-electron chi connectivity index (χ4n) is 2.69. The normalized spacial score (nSPS) is 45.0. The molecule has 1 aliphatic carbocycles. The van der Waals surface area contributed by atoms with Gasteiger partial charge >= 0.3 is 0 Å². The van der Waals surface area contributed by atoms with Gasteiger partial charge in [-0.25, -0.2) is 0 Å². The Kier molecular flexibility index (Phi) is 2.17. The van der Waals surface area contributed by atoms with Crippen molar-refractivity contribution in [3.63, 3.8) is 0 Å². The lowest BCUT2D eigenvalue weighted by atomic mass is 9.78. The minimum Gasteiger partial charge on any atom is -0.311 e. The van der Waals surface area contributed by atoms with Crippen LogP contribution in [0, 0.1) is 5.92 Å². The molecule has 0 aromatic rings. The number of hydrogen-bond acceptors (Lipinski definition) is 1. The minimum absolute atomic E-state index is 0.786. The molecule has 2 unspecified atom stereocenters. The molecule has 1 heterocycles. The van der Waals surface area contributed by atoms with Crippen molar-refractivity contribution in [3.8, 4) is 0 Å². The molecule has 0 bridgehead atoms. The highest BCUT2D eigenvalue weighted by Crippen LogP contribution is 2.31. The Balaban J connectivity index is 1.93. The highest BCUT2D eigenvalue weighted by Gasteiger charge is 2.29. The smallest absolute Gasteiger partial charge is 0.00978 e. The molecule has 0 amide bonds. The molecular weight excluding hydrogens is 134 g/mol. The minimum atomic E-state index is 0.786. The highest BCUT2D eigenvalue weighted by molar-refractivity contribution is 4.87. The van der Waals surface area contributed by atoms with Gasteiger partial charge in [0, 0.05) is 12.1 Å². The zero-order valence-corrected chi connectivity index (χ0v) is 7.47. The molecule has 1 saturated carbocycles. The summed E-state index contributed by atoms with van der Waals surface area (Å²) in [6.07, 6.45) is 8.76. The van der Waals surface area contributed by atoms with Crippen LogP contribution < -0.4 is 5.32 Å². The van der Waals surface area contributed by atoms with E-state index in [1.807, 2.05) is 0 Å². The van der Waals surface area contributed by atoms with Crippen molar-refractivity contribution < 1.29 is 0 Å². The molecule has 2 rings (SSSR count). The molecule has 0 spiro atoms. The first-order chi connectivity index (χ1) is 5.36. The Morgan fingerprint density at radius 1 is 1.00 bits per heavy atom. The maximum absolute atomic E-state index is 3.72. The molecule has 2 fully saturated rings. The molecule has 0 aromatic heterocycles. The van der Waals surface area contributed by atoms with E-state index in [1.165, 1.54) is 38.5 Å². The van der Waals surface area contributed by atoms with Gasteiger partial charge in [-0.2, -0.15) is 0 Å². The molecule has 2 aliphatic rings. The zero-order chi connectivity index (χ0) is 7.68.